The number of nitrogens with one attached hydrogen (secondary N) is 1. The lowest BCUT2D eigenvalue weighted by Gasteiger charge is -2.08. The molecule has 0 atom stereocenters. The van der Waals surface area contributed by atoms with Crippen LogP contribution in [0.25, 0.3) is 0 Å². The van der Waals surface area contributed by atoms with Gasteiger partial charge in [0.25, 0.3) is 0 Å². The Balaban J connectivity index is 1.43. The fraction of sp³-hybridized carbons (Fsp3) is 0.222. The number of carbonyl (C=O) groups is 1. The molecule has 0 radical (unpaired) electrons. The molecular formula is C18H16FN5O2S. The molecule has 3 N–H and O–H groups in total. The molecular weight excluding hydrogens is 369 g/mol. The number of halogens is 1. The highest BCUT2D eigenvalue weighted by atomic mass is 32.1. The fourth-order valence-corrected chi connectivity index (χ4v) is 4.00. The Hall–Kier alpha value is -3.07. The van der Waals surface area contributed by atoms with Crippen molar-refractivity contribution in [1.29, 1.82) is 0 Å². The van der Waals surface area contributed by atoms with E-state index in [4.69, 9.17) is 10.5 Å². The first-order valence-corrected chi connectivity index (χ1v) is 9.20. The number of ether oxygens (including phenoxy) is 1. The number of thiophene rings is 1. The number of aryl methyl sites for hydroxylation is 2. The van der Waals surface area contributed by atoms with E-state index in [1.165, 1.54) is 33.9 Å². The molecule has 0 bridgehead atoms. The number of hydrogen-bond acceptors (Lipinski definition) is 8. The van der Waals surface area contributed by atoms with Crippen molar-refractivity contribution in [2.24, 2.45) is 0 Å². The number of nitrogen functional groups attached to an aromatic ring is 1. The lowest BCUT2D eigenvalue weighted by molar-refractivity contribution is 0.0468. The maximum atomic E-state index is 13.0. The summed E-state index contributed by atoms with van der Waals surface area (Å²) in [6.07, 6.45) is 3.18. The normalized spacial score (nSPS) is 12.6. The Labute approximate surface area is 158 Å². The van der Waals surface area contributed by atoms with Gasteiger partial charge in [0.1, 0.15) is 10.7 Å². The van der Waals surface area contributed by atoms with Gasteiger partial charge in [0.2, 0.25) is 11.9 Å². The van der Waals surface area contributed by atoms with E-state index in [1.807, 2.05) is 6.07 Å². The molecule has 27 heavy (non-hydrogen) atoms. The number of carbonyl (C=O) groups excluding carboxylic acids is 1. The van der Waals surface area contributed by atoms with Crippen LogP contribution < -0.4 is 11.1 Å². The molecule has 1 aliphatic carbocycles. The van der Waals surface area contributed by atoms with Gasteiger partial charge < -0.3 is 15.8 Å². The molecule has 2 aromatic heterocycles. The summed E-state index contributed by atoms with van der Waals surface area (Å²) in [4.78, 5) is 26.3. The summed E-state index contributed by atoms with van der Waals surface area (Å²) in [6, 6.07) is 7.62. The predicted octanol–water partition coefficient (Wildman–Crippen LogP) is 3.24. The number of esters is 1. The minimum absolute atomic E-state index is 0.00393. The van der Waals surface area contributed by atoms with Crippen molar-refractivity contribution >= 4 is 34.9 Å². The second kappa shape index (κ2) is 7.28. The quantitative estimate of drug-likeness (QED) is 0.650. The first-order valence-electron chi connectivity index (χ1n) is 8.38. The molecule has 2 heterocycles. The lowest BCUT2D eigenvalue weighted by Crippen LogP contribution is -2.10. The molecule has 0 fully saturated rings. The number of hydrogen-bond donors (Lipinski definition) is 2. The summed E-state index contributed by atoms with van der Waals surface area (Å²) >= 11 is 1.48. The van der Waals surface area contributed by atoms with Crippen LogP contribution >= 0.6 is 11.3 Å². The van der Waals surface area contributed by atoms with Gasteiger partial charge in [-0.15, -0.1) is 11.3 Å². The van der Waals surface area contributed by atoms with Crippen LogP contribution in [-0.4, -0.2) is 20.9 Å². The molecule has 4 rings (SSSR count). The molecule has 0 saturated heterocycles. The van der Waals surface area contributed by atoms with Gasteiger partial charge in [-0.1, -0.05) is 0 Å². The van der Waals surface area contributed by atoms with Crippen LogP contribution in [0.5, 0.6) is 0 Å². The molecule has 0 saturated carbocycles. The molecule has 0 aliphatic heterocycles. The third kappa shape index (κ3) is 4.03. The zero-order valence-electron chi connectivity index (χ0n) is 14.2. The molecule has 0 amide bonds. The van der Waals surface area contributed by atoms with E-state index in [2.05, 4.69) is 20.3 Å². The van der Waals surface area contributed by atoms with Crippen molar-refractivity contribution in [2.45, 2.75) is 25.9 Å². The molecule has 7 nitrogen and oxygen atoms in total. The van der Waals surface area contributed by atoms with E-state index in [1.54, 1.807) is 12.1 Å². The van der Waals surface area contributed by atoms with Crippen LogP contribution in [-0.2, 0) is 24.2 Å². The second-order valence-electron chi connectivity index (χ2n) is 6.05. The van der Waals surface area contributed by atoms with Crippen molar-refractivity contribution in [3.63, 3.8) is 0 Å². The number of benzene rings is 1. The lowest BCUT2D eigenvalue weighted by atomic mass is 10.2. The zero-order valence-corrected chi connectivity index (χ0v) is 15.1. The van der Waals surface area contributed by atoms with Gasteiger partial charge in [-0.2, -0.15) is 15.0 Å². The van der Waals surface area contributed by atoms with Crippen molar-refractivity contribution in [3.05, 3.63) is 57.3 Å². The minimum Gasteiger partial charge on any atom is -0.453 e. The summed E-state index contributed by atoms with van der Waals surface area (Å²) in [5, 5.41) is 2.91. The Kier molecular flexibility index (Phi) is 4.68. The van der Waals surface area contributed by atoms with Crippen LogP contribution in [0.1, 0.15) is 32.4 Å². The molecule has 3 aromatic rings. The van der Waals surface area contributed by atoms with Crippen LogP contribution in [0.15, 0.2) is 30.3 Å². The average Bonchev–Trinajstić information content (AvgIpc) is 3.23. The summed E-state index contributed by atoms with van der Waals surface area (Å²) in [6.45, 7) is -0.119. The standard InChI is InChI=1S/C18H16FN5O2S/c19-11-4-6-12(7-5-11)21-18-23-15(22-17(20)24-18)9-26-16(25)14-8-10-2-1-3-13(10)27-14/h4-8H,1-3,9H2,(H3,20,21,22,23,24). The van der Waals surface area contributed by atoms with E-state index < -0.39 is 5.97 Å². The van der Waals surface area contributed by atoms with Crippen molar-refractivity contribution < 1.29 is 13.9 Å². The number of anilines is 3. The predicted molar refractivity (Wildman–Crippen MR) is 99.4 cm³/mol. The van der Waals surface area contributed by atoms with Gasteiger partial charge >= 0.3 is 5.97 Å². The van der Waals surface area contributed by atoms with Gasteiger partial charge in [0, 0.05) is 10.6 Å². The van der Waals surface area contributed by atoms with E-state index in [0.717, 1.165) is 19.3 Å². The summed E-state index contributed by atoms with van der Waals surface area (Å²) < 4.78 is 18.3. The number of aromatic nitrogens is 3. The summed E-state index contributed by atoms with van der Waals surface area (Å²) in [7, 11) is 0. The van der Waals surface area contributed by atoms with Gasteiger partial charge in [-0.3, -0.25) is 0 Å². The van der Waals surface area contributed by atoms with Crippen LogP contribution in [0, 0.1) is 5.82 Å². The topological polar surface area (TPSA) is 103 Å². The monoisotopic (exact) mass is 385 g/mol. The molecule has 1 aliphatic rings. The molecule has 138 valence electrons. The van der Waals surface area contributed by atoms with Gasteiger partial charge in [0.05, 0.1) is 0 Å². The third-order valence-electron chi connectivity index (χ3n) is 4.08. The third-order valence-corrected chi connectivity index (χ3v) is 5.30. The Morgan fingerprint density at radius 1 is 1.22 bits per heavy atom. The van der Waals surface area contributed by atoms with Gasteiger partial charge in [-0.05, 0) is 55.2 Å². The van der Waals surface area contributed by atoms with Crippen molar-refractivity contribution in [2.75, 3.05) is 11.1 Å². The Morgan fingerprint density at radius 2 is 2.04 bits per heavy atom. The zero-order chi connectivity index (χ0) is 18.8. The summed E-state index contributed by atoms with van der Waals surface area (Å²) in [5.41, 5.74) is 7.54. The van der Waals surface area contributed by atoms with Crippen LogP contribution in [0.4, 0.5) is 22.0 Å². The van der Waals surface area contributed by atoms with Crippen LogP contribution in [0.2, 0.25) is 0 Å². The first-order chi connectivity index (χ1) is 13.1. The SMILES string of the molecule is Nc1nc(COC(=O)c2cc3c(s2)CCC3)nc(Nc2ccc(F)cc2)n1. The van der Waals surface area contributed by atoms with E-state index in [0.29, 0.717) is 10.6 Å². The fourth-order valence-electron chi connectivity index (χ4n) is 2.85. The molecule has 0 spiro atoms. The first kappa shape index (κ1) is 17.3. The number of fused-ring (bicyclic) bond motifs is 1. The van der Waals surface area contributed by atoms with Gasteiger partial charge in [0.15, 0.2) is 12.4 Å². The second-order valence-corrected chi connectivity index (χ2v) is 7.19. The van der Waals surface area contributed by atoms with Gasteiger partial charge in [-0.25, -0.2) is 9.18 Å². The van der Waals surface area contributed by atoms with Crippen molar-refractivity contribution in [1.82, 2.24) is 15.0 Å². The summed E-state index contributed by atoms with van der Waals surface area (Å²) in [5.74, 6) is -0.333. The Morgan fingerprint density at radius 3 is 2.81 bits per heavy atom. The number of rotatable bonds is 5. The van der Waals surface area contributed by atoms with Crippen LogP contribution in [0.3, 0.4) is 0 Å². The number of nitrogens with two attached hydrogens (primary N) is 1. The molecule has 9 heteroatoms. The largest absolute Gasteiger partial charge is 0.453 e. The smallest absolute Gasteiger partial charge is 0.348 e. The molecule has 1 aromatic carbocycles. The average molecular weight is 385 g/mol. The molecule has 0 unspecified atom stereocenters. The minimum atomic E-state index is -0.401. The van der Waals surface area contributed by atoms with E-state index >= 15 is 0 Å². The van der Waals surface area contributed by atoms with E-state index in [-0.39, 0.29) is 30.1 Å². The Bertz CT molecular complexity index is 968. The van der Waals surface area contributed by atoms with Crippen molar-refractivity contribution in [3.8, 4) is 0 Å². The maximum Gasteiger partial charge on any atom is 0.348 e. The van der Waals surface area contributed by atoms with E-state index in [9.17, 15) is 9.18 Å². The highest BCUT2D eigenvalue weighted by molar-refractivity contribution is 7.14. The highest BCUT2D eigenvalue weighted by Crippen LogP contribution is 2.31. The highest BCUT2D eigenvalue weighted by Gasteiger charge is 2.19. The number of nitrogens with zero attached hydrogens (tertiary/aromatic N) is 3. The maximum absolute atomic E-state index is 13.0.